The van der Waals surface area contributed by atoms with Crippen molar-refractivity contribution in [2.24, 2.45) is 0 Å². The first-order valence-electron chi connectivity index (χ1n) is 8.27. The Morgan fingerprint density at radius 2 is 1.48 bits per heavy atom. The molecule has 0 fully saturated rings. The van der Waals surface area contributed by atoms with Gasteiger partial charge in [0.2, 0.25) is 0 Å². The lowest BCUT2D eigenvalue weighted by Gasteiger charge is -2.14. The fourth-order valence-electron chi connectivity index (χ4n) is 2.41. The molecule has 144 valence electrons. The van der Waals surface area contributed by atoms with Gasteiger partial charge >= 0.3 is 0 Å². The van der Waals surface area contributed by atoms with Crippen molar-refractivity contribution in [3.05, 3.63) is 47.5 Å². The van der Waals surface area contributed by atoms with Gasteiger partial charge in [-0.25, -0.2) is 0 Å². The zero-order valence-corrected chi connectivity index (χ0v) is 15.8. The van der Waals surface area contributed by atoms with Crippen molar-refractivity contribution in [2.45, 2.75) is 13.5 Å². The van der Waals surface area contributed by atoms with Crippen LogP contribution in [-0.2, 0) is 11.3 Å². The lowest BCUT2D eigenvalue weighted by molar-refractivity contribution is -0.123. The van der Waals surface area contributed by atoms with Gasteiger partial charge in [0, 0.05) is 23.7 Å². The Bertz CT molecular complexity index is 801. The Hall–Kier alpha value is -3.22. The van der Waals surface area contributed by atoms with Gasteiger partial charge in [0.15, 0.2) is 23.9 Å². The molecule has 0 atom stereocenters. The van der Waals surface area contributed by atoms with Crippen LogP contribution < -0.4 is 24.3 Å². The maximum Gasteiger partial charge on any atom is 0.258 e. The van der Waals surface area contributed by atoms with Gasteiger partial charge in [-0.3, -0.25) is 9.59 Å². The predicted octanol–water partition coefficient (Wildman–Crippen LogP) is 2.61. The van der Waals surface area contributed by atoms with Gasteiger partial charge in [-0.15, -0.1) is 0 Å². The SMILES string of the molecule is COc1cc(OC)c(OC)cc1CNC(=O)COc1ccc(C(C)=O)cc1. The summed E-state index contributed by atoms with van der Waals surface area (Å²) >= 11 is 0. The lowest BCUT2D eigenvalue weighted by Crippen LogP contribution is -2.28. The summed E-state index contributed by atoms with van der Waals surface area (Å²) in [4.78, 5) is 23.3. The van der Waals surface area contributed by atoms with Gasteiger partial charge < -0.3 is 24.3 Å². The summed E-state index contributed by atoms with van der Waals surface area (Å²) in [5.74, 6) is 1.87. The molecule has 27 heavy (non-hydrogen) atoms. The van der Waals surface area contributed by atoms with Crippen molar-refractivity contribution < 1.29 is 28.5 Å². The molecule has 1 amide bonds. The van der Waals surface area contributed by atoms with E-state index in [1.54, 1.807) is 50.6 Å². The molecule has 0 saturated heterocycles. The molecule has 2 aromatic carbocycles. The van der Waals surface area contributed by atoms with Crippen molar-refractivity contribution in [2.75, 3.05) is 27.9 Å². The first-order valence-corrected chi connectivity index (χ1v) is 8.27. The summed E-state index contributed by atoms with van der Waals surface area (Å²) in [6.45, 7) is 1.59. The number of ether oxygens (including phenoxy) is 4. The predicted molar refractivity (Wildman–Crippen MR) is 99.9 cm³/mol. The van der Waals surface area contributed by atoms with Crippen LogP contribution >= 0.6 is 0 Å². The third-order valence-electron chi connectivity index (χ3n) is 3.89. The van der Waals surface area contributed by atoms with Gasteiger partial charge in [0.1, 0.15) is 11.5 Å². The van der Waals surface area contributed by atoms with E-state index in [1.165, 1.54) is 14.0 Å². The molecule has 0 radical (unpaired) electrons. The molecule has 0 heterocycles. The number of nitrogens with one attached hydrogen (secondary N) is 1. The minimum absolute atomic E-state index is 0.0249. The van der Waals surface area contributed by atoms with E-state index in [9.17, 15) is 9.59 Å². The number of carbonyl (C=O) groups is 2. The summed E-state index contributed by atoms with van der Waals surface area (Å²) in [5.41, 5.74) is 1.33. The smallest absolute Gasteiger partial charge is 0.258 e. The quantitative estimate of drug-likeness (QED) is 0.681. The van der Waals surface area contributed by atoms with Crippen LogP contribution in [0.1, 0.15) is 22.8 Å². The van der Waals surface area contributed by atoms with E-state index in [4.69, 9.17) is 18.9 Å². The molecule has 7 nitrogen and oxygen atoms in total. The van der Waals surface area contributed by atoms with Crippen LogP contribution in [0.25, 0.3) is 0 Å². The molecule has 0 aliphatic carbocycles. The first-order chi connectivity index (χ1) is 13.0. The molecular weight excluding hydrogens is 350 g/mol. The standard InChI is InChI=1S/C20H23NO6/c1-13(22)14-5-7-16(8-6-14)27-12-20(23)21-11-15-9-18(25-3)19(26-4)10-17(15)24-2/h5-10H,11-12H2,1-4H3,(H,21,23). The number of Topliss-reactive ketones (excluding diaryl/α,β-unsaturated/α-hetero) is 1. The number of methoxy groups -OCH3 is 3. The van der Waals surface area contributed by atoms with Crippen LogP contribution in [0.2, 0.25) is 0 Å². The van der Waals surface area contributed by atoms with Crippen molar-refractivity contribution in [1.82, 2.24) is 5.32 Å². The second-order valence-corrected chi connectivity index (χ2v) is 5.67. The minimum Gasteiger partial charge on any atom is -0.496 e. The van der Waals surface area contributed by atoms with E-state index in [0.717, 1.165) is 5.56 Å². The topological polar surface area (TPSA) is 83.1 Å². The number of carbonyl (C=O) groups excluding carboxylic acids is 2. The summed E-state index contributed by atoms with van der Waals surface area (Å²) in [5, 5.41) is 2.77. The molecule has 0 aromatic heterocycles. The highest BCUT2D eigenvalue weighted by molar-refractivity contribution is 5.94. The van der Waals surface area contributed by atoms with Gasteiger partial charge in [0.25, 0.3) is 5.91 Å². The third-order valence-corrected chi connectivity index (χ3v) is 3.89. The Labute approximate surface area is 158 Å². The van der Waals surface area contributed by atoms with Crippen LogP contribution in [0, 0.1) is 0 Å². The zero-order valence-electron chi connectivity index (χ0n) is 15.8. The van der Waals surface area contributed by atoms with E-state index in [-0.39, 0.29) is 24.8 Å². The monoisotopic (exact) mass is 373 g/mol. The van der Waals surface area contributed by atoms with E-state index >= 15 is 0 Å². The second kappa shape index (κ2) is 9.47. The fraction of sp³-hybridized carbons (Fsp3) is 0.300. The number of amides is 1. The Morgan fingerprint density at radius 3 is 2.04 bits per heavy atom. The number of benzene rings is 2. The van der Waals surface area contributed by atoms with Crippen LogP contribution in [0.3, 0.4) is 0 Å². The molecule has 0 aliphatic heterocycles. The summed E-state index contributed by atoms with van der Waals surface area (Å²) in [6, 6.07) is 10.1. The van der Waals surface area contributed by atoms with Gasteiger partial charge in [-0.1, -0.05) is 0 Å². The molecule has 2 aromatic rings. The first kappa shape index (κ1) is 20.1. The normalized spacial score (nSPS) is 10.1. The third kappa shape index (κ3) is 5.37. The largest absolute Gasteiger partial charge is 0.496 e. The lowest BCUT2D eigenvalue weighted by atomic mass is 10.1. The minimum atomic E-state index is -0.289. The number of rotatable bonds is 9. The molecule has 0 saturated carbocycles. The molecule has 7 heteroatoms. The van der Waals surface area contributed by atoms with Crippen LogP contribution in [0.15, 0.2) is 36.4 Å². The van der Waals surface area contributed by atoms with E-state index in [1.807, 2.05) is 0 Å². The molecule has 0 aliphatic rings. The second-order valence-electron chi connectivity index (χ2n) is 5.67. The molecule has 0 bridgehead atoms. The van der Waals surface area contributed by atoms with Crippen molar-refractivity contribution in [3.63, 3.8) is 0 Å². The van der Waals surface area contributed by atoms with Crippen LogP contribution in [-0.4, -0.2) is 39.6 Å². The van der Waals surface area contributed by atoms with Crippen LogP contribution in [0.4, 0.5) is 0 Å². The van der Waals surface area contributed by atoms with Gasteiger partial charge in [-0.2, -0.15) is 0 Å². The van der Waals surface area contributed by atoms with Crippen molar-refractivity contribution in [3.8, 4) is 23.0 Å². The highest BCUT2D eigenvalue weighted by atomic mass is 16.5. The maximum absolute atomic E-state index is 12.1. The zero-order chi connectivity index (χ0) is 19.8. The number of hydrogen-bond donors (Lipinski definition) is 1. The Kier molecular flexibility index (Phi) is 7.05. The van der Waals surface area contributed by atoms with Crippen molar-refractivity contribution >= 4 is 11.7 Å². The average Bonchev–Trinajstić information content (AvgIpc) is 2.70. The van der Waals surface area contributed by atoms with E-state index in [0.29, 0.717) is 28.6 Å². The Balaban J connectivity index is 1.94. The Morgan fingerprint density at radius 1 is 0.889 bits per heavy atom. The van der Waals surface area contributed by atoms with Gasteiger partial charge in [0.05, 0.1) is 21.3 Å². The summed E-state index contributed by atoms with van der Waals surface area (Å²) < 4.78 is 21.3. The molecule has 2 rings (SSSR count). The molecular formula is C20H23NO6. The van der Waals surface area contributed by atoms with E-state index < -0.39 is 0 Å². The summed E-state index contributed by atoms with van der Waals surface area (Å²) in [6.07, 6.45) is 0. The number of ketones is 1. The number of hydrogen-bond acceptors (Lipinski definition) is 6. The van der Waals surface area contributed by atoms with E-state index in [2.05, 4.69) is 5.32 Å². The molecule has 0 unspecified atom stereocenters. The van der Waals surface area contributed by atoms with Crippen LogP contribution in [0.5, 0.6) is 23.0 Å². The van der Waals surface area contributed by atoms with Crippen molar-refractivity contribution in [1.29, 1.82) is 0 Å². The average molecular weight is 373 g/mol. The highest BCUT2D eigenvalue weighted by Crippen LogP contribution is 2.34. The fourth-order valence-corrected chi connectivity index (χ4v) is 2.41. The molecule has 0 spiro atoms. The maximum atomic E-state index is 12.1. The molecule has 1 N–H and O–H groups in total. The highest BCUT2D eigenvalue weighted by Gasteiger charge is 2.13. The summed E-state index contributed by atoms with van der Waals surface area (Å²) in [7, 11) is 4.62. The van der Waals surface area contributed by atoms with Gasteiger partial charge in [-0.05, 0) is 37.3 Å².